The predicted molar refractivity (Wildman–Crippen MR) is 72.5 cm³/mol. The first-order valence-corrected chi connectivity index (χ1v) is 5.75. The van der Waals surface area contributed by atoms with Crippen molar-refractivity contribution in [2.24, 2.45) is 0 Å². The van der Waals surface area contributed by atoms with Gasteiger partial charge in [-0.25, -0.2) is 9.37 Å². The van der Waals surface area contributed by atoms with Crippen LogP contribution in [0.4, 0.5) is 15.9 Å². The molecule has 5 heteroatoms. The molecule has 0 aliphatic heterocycles. The first kappa shape index (κ1) is 13.0. The van der Waals surface area contributed by atoms with E-state index in [-0.39, 0.29) is 11.7 Å². The normalized spacial score (nSPS) is 10.3. The van der Waals surface area contributed by atoms with Crippen molar-refractivity contribution >= 4 is 17.4 Å². The number of aromatic nitrogens is 1. The van der Waals surface area contributed by atoms with Crippen LogP contribution >= 0.6 is 0 Å². The third-order valence-corrected chi connectivity index (χ3v) is 2.82. The third kappa shape index (κ3) is 2.70. The molecule has 0 fully saturated rings. The van der Waals surface area contributed by atoms with Crippen molar-refractivity contribution in [1.82, 2.24) is 4.98 Å². The molecule has 1 amide bonds. The van der Waals surface area contributed by atoms with Crippen LogP contribution in [0.1, 0.15) is 15.9 Å². The Kier molecular flexibility index (Phi) is 3.46. The van der Waals surface area contributed by atoms with E-state index in [9.17, 15) is 9.18 Å². The van der Waals surface area contributed by atoms with Crippen LogP contribution in [0.2, 0.25) is 0 Å². The second-order valence-electron chi connectivity index (χ2n) is 4.28. The maximum absolute atomic E-state index is 13.2. The third-order valence-electron chi connectivity index (χ3n) is 2.82. The predicted octanol–water partition coefficient (Wildman–Crippen LogP) is 2.39. The van der Waals surface area contributed by atoms with E-state index in [2.05, 4.69) is 4.98 Å². The second kappa shape index (κ2) is 5.06. The lowest BCUT2D eigenvalue weighted by atomic mass is 10.1. The summed E-state index contributed by atoms with van der Waals surface area (Å²) in [6, 6.07) is 7.59. The summed E-state index contributed by atoms with van der Waals surface area (Å²) in [7, 11) is 1.61. The fraction of sp³-hybridized carbons (Fsp3) is 0.143. The molecule has 0 atom stereocenters. The monoisotopic (exact) mass is 259 g/mol. The van der Waals surface area contributed by atoms with Crippen LogP contribution in [-0.4, -0.2) is 17.9 Å². The quantitative estimate of drug-likeness (QED) is 0.900. The van der Waals surface area contributed by atoms with Crippen LogP contribution in [0.25, 0.3) is 0 Å². The Bertz CT molecular complexity index is 611. The van der Waals surface area contributed by atoms with Crippen LogP contribution in [0.15, 0.2) is 36.5 Å². The van der Waals surface area contributed by atoms with Crippen LogP contribution in [-0.2, 0) is 0 Å². The number of halogens is 1. The Balaban J connectivity index is 2.28. The number of rotatable bonds is 2. The molecule has 1 aromatic heterocycles. The Hall–Kier alpha value is -2.43. The number of nitrogen functional groups attached to an aromatic ring is 1. The molecule has 0 aliphatic carbocycles. The standard InChI is InChI=1S/C14H14FN3O/c1-9-7-10(3-5-12(9)15)14(19)18(2)13-6-4-11(16)8-17-13/h3-8H,16H2,1-2H3. The van der Waals surface area contributed by atoms with E-state index < -0.39 is 0 Å². The van der Waals surface area contributed by atoms with Crippen molar-refractivity contribution in [3.8, 4) is 0 Å². The van der Waals surface area contributed by atoms with Gasteiger partial charge < -0.3 is 5.73 Å². The summed E-state index contributed by atoms with van der Waals surface area (Å²) >= 11 is 0. The number of hydrogen-bond donors (Lipinski definition) is 1. The van der Waals surface area contributed by atoms with Crippen molar-refractivity contribution in [3.63, 3.8) is 0 Å². The number of pyridine rings is 1. The van der Waals surface area contributed by atoms with Gasteiger partial charge in [0.1, 0.15) is 11.6 Å². The van der Waals surface area contributed by atoms with Gasteiger partial charge in [0.25, 0.3) is 5.91 Å². The lowest BCUT2D eigenvalue weighted by Crippen LogP contribution is -2.27. The van der Waals surface area contributed by atoms with Crippen LogP contribution in [0, 0.1) is 12.7 Å². The van der Waals surface area contributed by atoms with Gasteiger partial charge >= 0.3 is 0 Å². The fourth-order valence-corrected chi connectivity index (χ4v) is 1.67. The zero-order chi connectivity index (χ0) is 14.0. The van der Waals surface area contributed by atoms with Gasteiger partial charge in [-0.15, -0.1) is 0 Å². The number of amides is 1. The van der Waals surface area contributed by atoms with Gasteiger partial charge in [0.15, 0.2) is 0 Å². The van der Waals surface area contributed by atoms with E-state index in [1.807, 2.05) is 0 Å². The number of aryl methyl sites for hydroxylation is 1. The van der Waals surface area contributed by atoms with E-state index in [4.69, 9.17) is 5.73 Å². The molecule has 2 rings (SSSR count). The maximum atomic E-state index is 13.2. The van der Waals surface area contributed by atoms with Crippen LogP contribution < -0.4 is 10.6 Å². The van der Waals surface area contributed by atoms with Crippen molar-refractivity contribution in [3.05, 3.63) is 53.5 Å². The summed E-state index contributed by atoms with van der Waals surface area (Å²) in [5, 5.41) is 0. The summed E-state index contributed by atoms with van der Waals surface area (Å²) in [5.41, 5.74) is 6.92. The van der Waals surface area contributed by atoms with Gasteiger partial charge in [-0.3, -0.25) is 9.69 Å². The molecule has 98 valence electrons. The van der Waals surface area contributed by atoms with Crippen LogP contribution in [0.5, 0.6) is 0 Å². The Morgan fingerprint density at radius 2 is 2.05 bits per heavy atom. The van der Waals surface area contributed by atoms with E-state index >= 15 is 0 Å². The number of carbonyl (C=O) groups is 1. The molecule has 0 spiro atoms. The topological polar surface area (TPSA) is 59.2 Å². The van der Waals surface area contributed by atoms with E-state index in [0.717, 1.165) is 0 Å². The minimum atomic E-state index is -0.329. The maximum Gasteiger partial charge on any atom is 0.259 e. The second-order valence-corrected chi connectivity index (χ2v) is 4.28. The minimum Gasteiger partial charge on any atom is -0.397 e. The average Bonchev–Trinajstić information content (AvgIpc) is 2.41. The molecule has 2 N–H and O–H groups in total. The van der Waals surface area contributed by atoms with E-state index in [0.29, 0.717) is 22.6 Å². The van der Waals surface area contributed by atoms with Gasteiger partial charge in [-0.2, -0.15) is 0 Å². The molecule has 0 saturated heterocycles. The number of benzene rings is 1. The first-order chi connectivity index (χ1) is 8.99. The van der Waals surface area contributed by atoms with Gasteiger partial charge in [-0.1, -0.05) is 0 Å². The Morgan fingerprint density at radius 3 is 2.63 bits per heavy atom. The zero-order valence-corrected chi connectivity index (χ0v) is 10.7. The lowest BCUT2D eigenvalue weighted by Gasteiger charge is -2.16. The molecule has 0 radical (unpaired) electrons. The van der Waals surface area contributed by atoms with Gasteiger partial charge in [-0.05, 0) is 42.8 Å². The van der Waals surface area contributed by atoms with Crippen molar-refractivity contribution in [2.75, 3.05) is 17.7 Å². The largest absolute Gasteiger partial charge is 0.397 e. The van der Waals surface area contributed by atoms with Gasteiger partial charge in [0.2, 0.25) is 0 Å². The number of hydrogen-bond acceptors (Lipinski definition) is 3. The van der Waals surface area contributed by atoms with Crippen molar-refractivity contribution in [2.45, 2.75) is 6.92 Å². The molecule has 0 bridgehead atoms. The number of nitrogens with zero attached hydrogens (tertiary/aromatic N) is 2. The first-order valence-electron chi connectivity index (χ1n) is 5.75. The minimum absolute atomic E-state index is 0.250. The number of carbonyl (C=O) groups excluding carboxylic acids is 1. The molecule has 19 heavy (non-hydrogen) atoms. The molecule has 1 heterocycles. The van der Waals surface area contributed by atoms with Crippen molar-refractivity contribution in [1.29, 1.82) is 0 Å². The average molecular weight is 259 g/mol. The van der Waals surface area contributed by atoms with Crippen molar-refractivity contribution < 1.29 is 9.18 Å². The summed E-state index contributed by atoms with van der Waals surface area (Å²) in [6.45, 7) is 1.62. The highest BCUT2D eigenvalue weighted by atomic mass is 19.1. The summed E-state index contributed by atoms with van der Waals surface area (Å²) in [5.74, 6) is -0.0913. The lowest BCUT2D eigenvalue weighted by molar-refractivity contribution is 0.0992. The molecular formula is C14H14FN3O. The fourth-order valence-electron chi connectivity index (χ4n) is 1.67. The number of nitrogens with two attached hydrogens (primary N) is 1. The van der Waals surface area contributed by atoms with Crippen LogP contribution in [0.3, 0.4) is 0 Å². The Labute approximate surface area is 110 Å². The SMILES string of the molecule is Cc1cc(C(=O)N(C)c2ccc(N)cn2)ccc1F. The summed E-state index contributed by atoms with van der Waals surface area (Å²) in [6.07, 6.45) is 1.48. The molecule has 4 nitrogen and oxygen atoms in total. The number of anilines is 2. The highest BCUT2D eigenvalue weighted by molar-refractivity contribution is 6.05. The molecule has 0 saturated carbocycles. The Morgan fingerprint density at radius 1 is 1.32 bits per heavy atom. The van der Waals surface area contributed by atoms with Gasteiger partial charge in [0, 0.05) is 12.6 Å². The molecule has 1 aromatic carbocycles. The van der Waals surface area contributed by atoms with Gasteiger partial charge in [0.05, 0.1) is 11.9 Å². The van der Waals surface area contributed by atoms with E-state index in [1.54, 1.807) is 26.1 Å². The smallest absolute Gasteiger partial charge is 0.259 e. The molecular weight excluding hydrogens is 245 g/mol. The van der Waals surface area contributed by atoms with E-state index in [1.165, 1.54) is 29.3 Å². The highest BCUT2D eigenvalue weighted by Crippen LogP contribution is 2.16. The molecule has 2 aromatic rings. The molecule has 0 unspecified atom stereocenters. The molecule has 0 aliphatic rings. The zero-order valence-electron chi connectivity index (χ0n) is 10.7. The highest BCUT2D eigenvalue weighted by Gasteiger charge is 2.15. The summed E-state index contributed by atoms with van der Waals surface area (Å²) < 4.78 is 13.2. The summed E-state index contributed by atoms with van der Waals surface area (Å²) in [4.78, 5) is 17.7.